The van der Waals surface area contributed by atoms with Crippen LogP contribution in [0.5, 0.6) is 0 Å². The van der Waals surface area contributed by atoms with Crippen LogP contribution in [0.15, 0.2) is 30.3 Å². The van der Waals surface area contributed by atoms with E-state index in [9.17, 15) is 9.59 Å². The van der Waals surface area contributed by atoms with Crippen molar-refractivity contribution >= 4 is 11.8 Å². The molecule has 19 heavy (non-hydrogen) atoms. The van der Waals surface area contributed by atoms with Gasteiger partial charge in [0, 0.05) is 19.5 Å². The smallest absolute Gasteiger partial charge is 0.239 e. The maximum atomic E-state index is 11.7. The molecule has 0 spiro atoms. The van der Waals surface area contributed by atoms with Gasteiger partial charge < -0.3 is 10.2 Å². The maximum Gasteiger partial charge on any atom is 0.239 e. The molecule has 1 rings (SSSR count). The lowest BCUT2D eigenvalue weighted by Gasteiger charge is -2.21. The predicted octanol–water partition coefficient (Wildman–Crippen LogP) is 1.60. The van der Waals surface area contributed by atoms with Gasteiger partial charge in [-0.2, -0.15) is 0 Å². The van der Waals surface area contributed by atoms with Crippen LogP contribution < -0.4 is 5.32 Å². The van der Waals surface area contributed by atoms with E-state index in [4.69, 9.17) is 0 Å². The van der Waals surface area contributed by atoms with Crippen LogP contribution in [0.2, 0.25) is 0 Å². The van der Waals surface area contributed by atoms with Crippen LogP contribution in [0.4, 0.5) is 0 Å². The van der Waals surface area contributed by atoms with E-state index in [1.807, 2.05) is 44.2 Å². The molecule has 1 aromatic carbocycles. The van der Waals surface area contributed by atoms with Gasteiger partial charge in [-0.3, -0.25) is 9.59 Å². The SMILES string of the molecule is CC(=O)N(CCc1ccccc1)CC(=O)NC(C)C. The number of hydrogen-bond donors (Lipinski definition) is 1. The molecule has 0 aliphatic carbocycles. The van der Waals surface area contributed by atoms with E-state index in [-0.39, 0.29) is 24.4 Å². The Hall–Kier alpha value is -1.84. The summed E-state index contributed by atoms with van der Waals surface area (Å²) in [6.45, 7) is 5.98. The van der Waals surface area contributed by atoms with Crippen molar-refractivity contribution in [3.05, 3.63) is 35.9 Å². The van der Waals surface area contributed by atoms with Gasteiger partial charge in [0.15, 0.2) is 0 Å². The van der Waals surface area contributed by atoms with Crippen LogP contribution in [-0.4, -0.2) is 35.8 Å². The van der Waals surface area contributed by atoms with E-state index in [1.54, 1.807) is 4.90 Å². The second-order valence-corrected chi connectivity index (χ2v) is 4.90. The summed E-state index contributed by atoms with van der Waals surface area (Å²) in [6.07, 6.45) is 0.759. The number of rotatable bonds is 6. The highest BCUT2D eigenvalue weighted by Gasteiger charge is 2.13. The zero-order valence-electron chi connectivity index (χ0n) is 11.8. The second-order valence-electron chi connectivity index (χ2n) is 4.90. The molecule has 0 atom stereocenters. The van der Waals surface area contributed by atoms with Crippen LogP contribution in [0.25, 0.3) is 0 Å². The van der Waals surface area contributed by atoms with Crippen LogP contribution in [0.1, 0.15) is 26.3 Å². The molecule has 0 saturated carbocycles. The Bertz CT molecular complexity index is 415. The first kappa shape index (κ1) is 15.2. The highest BCUT2D eigenvalue weighted by molar-refractivity contribution is 5.83. The summed E-state index contributed by atoms with van der Waals surface area (Å²) in [7, 11) is 0. The van der Waals surface area contributed by atoms with E-state index in [0.717, 1.165) is 12.0 Å². The molecule has 0 radical (unpaired) electrons. The van der Waals surface area contributed by atoms with E-state index >= 15 is 0 Å². The molecule has 0 unspecified atom stereocenters. The van der Waals surface area contributed by atoms with E-state index in [2.05, 4.69) is 5.32 Å². The first-order valence-corrected chi connectivity index (χ1v) is 6.58. The molecular formula is C15H22N2O2. The Morgan fingerprint density at radius 1 is 1.21 bits per heavy atom. The maximum absolute atomic E-state index is 11.7. The Morgan fingerprint density at radius 2 is 1.84 bits per heavy atom. The molecule has 0 heterocycles. The van der Waals surface area contributed by atoms with Crippen molar-refractivity contribution in [2.45, 2.75) is 33.2 Å². The molecule has 0 aromatic heterocycles. The fraction of sp³-hybridized carbons (Fsp3) is 0.467. The van der Waals surface area contributed by atoms with Gasteiger partial charge in [-0.1, -0.05) is 30.3 Å². The summed E-state index contributed by atoms with van der Waals surface area (Å²) in [5.41, 5.74) is 1.16. The molecule has 0 aliphatic heterocycles. The van der Waals surface area contributed by atoms with Crippen LogP contribution in [-0.2, 0) is 16.0 Å². The number of benzene rings is 1. The summed E-state index contributed by atoms with van der Waals surface area (Å²) < 4.78 is 0. The number of nitrogens with one attached hydrogen (secondary N) is 1. The zero-order valence-corrected chi connectivity index (χ0v) is 11.8. The van der Waals surface area contributed by atoms with Crippen molar-refractivity contribution < 1.29 is 9.59 Å². The summed E-state index contributed by atoms with van der Waals surface area (Å²) in [4.78, 5) is 24.8. The molecule has 0 fully saturated rings. The van der Waals surface area contributed by atoms with Crippen LogP contribution >= 0.6 is 0 Å². The van der Waals surface area contributed by atoms with Gasteiger partial charge in [-0.25, -0.2) is 0 Å². The highest BCUT2D eigenvalue weighted by Crippen LogP contribution is 2.02. The van der Waals surface area contributed by atoms with Crippen LogP contribution in [0.3, 0.4) is 0 Å². The van der Waals surface area contributed by atoms with E-state index in [0.29, 0.717) is 6.54 Å². The van der Waals surface area contributed by atoms with Gasteiger partial charge in [0.05, 0.1) is 6.54 Å². The molecule has 104 valence electrons. The minimum absolute atomic E-state index is 0.0742. The minimum atomic E-state index is -0.113. The normalized spacial score (nSPS) is 10.3. The molecule has 1 N–H and O–H groups in total. The lowest BCUT2D eigenvalue weighted by atomic mass is 10.1. The van der Waals surface area contributed by atoms with E-state index in [1.165, 1.54) is 6.92 Å². The lowest BCUT2D eigenvalue weighted by Crippen LogP contribution is -2.42. The molecule has 2 amide bonds. The Labute approximate surface area is 114 Å². The van der Waals surface area contributed by atoms with Gasteiger partial charge in [0.25, 0.3) is 0 Å². The molecule has 0 saturated heterocycles. The Balaban J connectivity index is 2.49. The lowest BCUT2D eigenvalue weighted by molar-refractivity contribution is -0.134. The third-order valence-corrected chi connectivity index (χ3v) is 2.74. The number of carbonyl (C=O) groups excluding carboxylic acids is 2. The average molecular weight is 262 g/mol. The van der Waals surface area contributed by atoms with Gasteiger partial charge in [0.2, 0.25) is 11.8 Å². The van der Waals surface area contributed by atoms with Crippen molar-refractivity contribution in [2.24, 2.45) is 0 Å². The van der Waals surface area contributed by atoms with Crippen LogP contribution in [0, 0.1) is 0 Å². The van der Waals surface area contributed by atoms with Gasteiger partial charge in [-0.05, 0) is 25.8 Å². The number of carbonyl (C=O) groups is 2. The highest BCUT2D eigenvalue weighted by atomic mass is 16.2. The summed E-state index contributed by atoms with van der Waals surface area (Å²) in [6, 6.07) is 10.0. The predicted molar refractivity (Wildman–Crippen MR) is 75.7 cm³/mol. The zero-order chi connectivity index (χ0) is 14.3. The van der Waals surface area contributed by atoms with E-state index < -0.39 is 0 Å². The molecule has 0 aliphatic rings. The average Bonchev–Trinajstić information content (AvgIpc) is 2.34. The summed E-state index contributed by atoms with van der Waals surface area (Å²) in [5, 5.41) is 2.79. The fourth-order valence-electron chi connectivity index (χ4n) is 1.80. The first-order valence-electron chi connectivity index (χ1n) is 6.58. The van der Waals surface area contributed by atoms with Gasteiger partial charge in [-0.15, -0.1) is 0 Å². The fourth-order valence-corrected chi connectivity index (χ4v) is 1.80. The van der Waals surface area contributed by atoms with Gasteiger partial charge in [0.1, 0.15) is 0 Å². The van der Waals surface area contributed by atoms with Crippen molar-refractivity contribution in [2.75, 3.05) is 13.1 Å². The molecule has 1 aromatic rings. The topological polar surface area (TPSA) is 49.4 Å². The second kappa shape index (κ2) is 7.56. The van der Waals surface area contributed by atoms with Crippen molar-refractivity contribution in [1.82, 2.24) is 10.2 Å². The van der Waals surface area contributed by atoms with Crippen molar-refractivity contribution in [3.8, 4) is 0 Å². The molecule has 4 heteroatoms. The summed E-state index contributed by atoms with van der Waals surface area (Å²) >= 11 is 0. The van der Waals surface area contributed by atoms with Gasteiger partial charge >= 0.3 is 0 Å². The quantitative estimate of drug-likeness (QED) is 0.846. The number of nitrogens with zero attached hydrogens (tertiary/aromatic N) is 1. The number of amides is 2. The molecule has 0 bridgehead atoms. The van der Waals surface area contributed by atoms with Crippen molar-refractivity contribution in [1.29, 1.82) is 0 Å². The number of hydrogen-bond acceptors (Lipinski definition) is 2. The first-order chi connectivity index (χ1) is 8.99. The Morgan fingerprint density at radius 3 is 2.37 bits per heavy atom. The largest absolute Gasteiger partial charge is 0.352 e. The van der Waals surface area contributed by atoms with Crippen molar-refractivity contribution in [3.63, 3.8) is 0 Å². The monoisotopic (exact) mass is 262 g/mol. The minimum Gasteiger partial charge on any atom is -0.352 e. The molecule has 4 nitrogen and oxygen atoms in total. The molecular weight excluding hydrogens is 240 g/mol. The third-order valence-electron chi connectivity index (χ3n) is 2.74. The standard InChI is InChI=1S/C15H22N2O2/c1-12(2)16-15(19)11-17(13(3)18)10-9-14-7-5-4-6-8-14/h4-8,12H,9-11H2,1-3H3,(H,16,19). The third kappa shape index (κ3) is 6.04. The Kier molecular flexibility index (Phi) is 6.06. The summed E-state index contributed by atoms with van der Waals surface area (Å²) in [5.74, 6) is -0.187.